The first-order chi connectivity index (χ1) is 9.25. The molecule has 19 heavy (non-hydrogen) atoms. The Morgan fingerprint density at radius 2 is 2.11 bits per heavy atom. The van der Waals surface area contributed by atoms with Crippen LogP contribution in [0.4, 0.5) is 0 Å². The Morgan fingerprint density at radius 1 is 1.32 bits per heavy atom. The molecule has 1 aromatic carbocycles. The van der Waals surface area contributed by atoms with Crippen LogP contribution < -0.4 is 0 Å². The van der Waals surface area contributed by atoms with Crippen LogP contribution in [-0.4, -0.2) is 16.8 Å². The molecular weight excluding hydrogens is 274 g/mol. The lowest BCUT2D eigenvalue weighted by Crippen LogP contribution is -2.32. The molecule has 2 aromatic rings. The Labute approximate surface area is 122 Å². The Balaban J connectivity index is 1.84. The van der Waals surface area contributed by atoms with Crippen LogP contribution in [0.2, 0.25) is 0 Å². The van der Waals surface area contributed by atoms with Gasteiger partial charge < -0.3 is 4.90 Å². The minimum absolute atomic E-state index is 0.0966. The lowest BCUT2D eigenvalue weighted by atomic mass is 10.2. The summed E-state index contributed by atoms with van der Waals surface area (Å²) in [5.74, 6) is 0.0966. The van der Waals surface area contributed by atoms with E-state index in [1.807, 2.05) is 29.2 Å². The van der Waals surface area contributed by atoms with E-state index in [4.69, 9.17) is 0 Å². The van der Waals surface area contributed by atoms with Crippen LogP contribution in [0.3, 0.4) is 0 Å². The van der Waals surface area contributed by atoms with E-state index in [2.05, 4.69) is 29.5 Å². The molecule has 0 spiro atoms. The number of thiol groups is 1. The Kier molecular flexibility index (Phi) is 3.62. The molecule has 3 rings (SSSR count). The summed E-state index contributed by atoms with van der Waals surface area (Å²) < 4.78 is 0. The summed E-state index contributed by atoms with van der Waals surface area (Å²) in [7, 11) is 0. The van der Waals surface area contributed by atoms with Crippen molar-refractivity contribution in [1.82, 2.24) is 4.90 Å². The summed E-state index contributed by atoms with van der Waals surface area (Å²) in [5.41, 5.74) is 1.91. The average molecular weight is 289 g/mol. The third kappa shape index (κ3) is 2.85. The van der Waals surface area contributed by atoms with Gasteiger partial charge in [-0.05, 0) is 47.4 Å². The third-order valence-electron chi connectivity index (χ3n) is 3.32. The quantitative estimate of drug-likeness (QED) is 0.848. The fourth-order valence-electron chi connectivity index (χ4n) is 2.14. The van der Waals surface area contributed by atoms with E-state index in [1.54, 1.807) is 11.3 Å². The lowest BCUT2D eigenvalue weighted by Gasteiger charge is -2.22. The van der Waals surface area contributed by atoms with Gasteiger partial charge in [-0.2, -0.15) is 11.3 Å². The maximum atomic E-state index is 12.7. The van der Waals surface area contributed by atoms with Gasteiger partial charge in [0.15, 0.2) is 0 Å². The predicted octanol–water partition coefficient (Wildman–Crippen LogP) is 3.84. The number of carbonyl (C=O) groups is 1. The van der Waals surface area contributed by atoms with Crippen molar-refractivity contribution < 1.29 is 4.79 Å². The minimum atomic E-state index is 0.0966. The van der Waals surface area contributed by atoms with E-state index in [0.717, 1.165) is 17.7 Å². The number of hydrogen-bond acceptors (Lipinski definition) is 3. The van der Waals surface area contributed by atoms with E-state index >= 15 is 0 Å². The fraction of sp³-hybridized carbons (Fsp3) is 0.267. The number of amides is 1. The van der Waals surface area contributed by atoms with Crippen LogP contribution in [0.5, 0.6) is 0 Å². The monoisotopic (exact) mass is 289 g/mol. The van der Waals surface area contributed by atoms with E-state index < -0.39 is 0 Å². The van der Waals surface area contributed by atoms with Gasteiger partial charge in [-0.3, -0.25) is 4.79 Å². The van der Waals surface area contributed by atoms with Gasteiger partial charge in [-0.1, -0.05) is 12.1 Å². The number of benzene rings is 1. The third-order valence-corrected chi connectivity index (χ3v) is 4.44. The molecule has 1 aliphatic carbocycles. The normalized spacial score (nSPS) is 14.4. The molecule has 0 atom stereocenters. The number of thiophene rings is 1. The molecule has 0 aliphatic heterocycles. The van der Waals surface area contributed by atoms with Crippen molar-refractivity contribution in [1.29, 1.82) is 0 Å². The predicted molar refractivity (Wildman–Crippen MR) is 80.9 cm³/mol. The van der Waals surface area contributed by atoms with E-state index in [9.17, 15) is 4.79 Å². The molecule has 4 heteroatoms. The highest BCUT2D eigenvalue weighted by Gasteiger charge is 2.33. The molecule has 98 valence electrons. The molecule has 1 aromatic heterocycles. The Bertz CT molecular complexity index is 576. The molecule has 0 unspecified atom stereocenters. The minimum Gasteiger partial charge on any atom is -0.331 e. The summed E-state index contributed by atoms with van der Waals surface area (Å²) in [6, 6.07) is 10.0. The molecule has 0 radical (unpaired) electrons. The first kappa shape index (κ1) is 12.8. The molecule has 0 saturated heterocycles. The van der Waals surface area contributed by atoms with Crippen LogP contribution in [0.15, 0.2) is 46.0 Å². The van der Waals surface area contributed by atoms with Gasteiger partial charge >= 0.3 is 0 Å². The molecule has 0 bridgehead atoms. The zero-order valence-electron chi connectivity index (χ0n) is 10.5. The highest BCUT2D eigenvalue weighted by molar-refractivity contribution is 7.80. The van der Waals surface area contributed by atoms with Crippen LogP contribution in [0.1, 0.15) is 28.8 Å². The first-order valence-corrected chi connectivity index (χ1v) is 7.75. The van der Waals surface area contributed by atoms with Gasteiger partial charge in [-0.25, -0.2) is 0 Å². The van der Waals surface area contributed by atoms with Crippen LogP contribution >= 0.6 is 24.0 Å². The molecule has 0 N–H and O–H groups in total. The van der Waals surface area contributed by atoms with Crippen molar-refractivity contribution in [3.05, 3.63) is 52.2 Å². The van der Waals surface area contributed by atoms with Crippen molar-refractivity contribution >= 4 is 29.9 Å². The van der Waals surface area contributed by atoms with Crippen LogP contribution in [0, 0.1) is 0 Å². The van der Waals surface area contributed by atoms with E-state index in [-0.39, 0.29) is 5.91 Å². The number of nitrogens with zero attached hydrogens (tertiary/aromatic N) is 1. The molecule has 2 nitrogen and oxygen atoms in total. The topological polar surface area (TPSA) is 20.3 Å². The van der Waals surface area contributed by atoms with Crippen molar-refractivity contribution in [3.63, 3.8) is 0 Å². The van der Waals surface area contributed by atoms with Crippen LogP contribution in [0.25, 0.3) is 0 Å². The molecule has 1 fully saturated rings. The first-order valence-electron chi connectivity index (χ1n) is 6.36. The fourth-order valence-corrected chi connectivity index (χ4v) is 3.06. The van der Waals surface area contributed by atoms with E-state index in [0.29, 0.717) is 18.2 Å². The SMILES string of the molecule is O=C(c1ccccc1S)N(Cc1ccsc1)C1CC1. The zero-order chi connectivity index (χ0) is 13.2. The van der Waals surface area contributed by atoms with Gasteiger partial charge in [0.2, 0.25) is 0 Å². The lowest BCUT2D eigenvalue weighted by molar-refractivity contribution is 0.0726. The number of rotatable bonds is 4. The summed E-state index contributed by atoms with van der Waals surface area (Å²) >= 11 is 6.06. The highest BCUT2D eigenvalue weighted by atomic mass is 32.1. The zero-order valence-corrected chi connectivity index (χ0v) is 12.2. The summed E-state index contributed by atoms with van der Waals surface area (Å²) in [4.78, 5) is 15.4. The maximum absolute atomic E-state index is 12.7. The number of hydrogen-bond donors (Lipinski definition) is 1. The van der Waals surface area contributed by atoms with Crippen molar-refractivity contribution in [2.24, 2.45) is 0 Å². The summed E-state index contributed by atoms with van der Waals surface area (Å²) in [6.07, 6.45) is 2.23. The second-order valence-electron chi connectivity index (χ2n) is 4.81. The van der Waals surface area contributed by atoms with Crippen LogP contribution in [-0.2, 0) is 6.54 Å². The van der Waals surface area contributed by atoms with Gasteiger partial charge in [0.1, 0.15) is 0 Å². The largest absolute Gasteiger partial charge is 0.331 e. The van der Waals surface area contributed by atoms with E-state index in [1.165, 1.54) is 5.56 Å². The van der Waals surface area contributed by atoms with Gasteiger partial charge in [-0.15, -0.1) is 12.6 Å². The standard InChI is InChI=1S/C15H15NOS2/c17-15(13-3-1-2-4-14(13)18)16(12-5-6-12)9-11-7-8-19-10-11/h1-4,7-8,10,12,18H,5-6,9H2. The van der Waals surface area contributed by atoms with Crippen molar-refractivity contribution in [2.75, 3.05) is 0 Å². The molecule has 1 aliphatic rings. The Hall–Kier alpha value is -1.26. The molecule has 1 amide bonds. The highest BCUT2D eigenvalue weighted by Crippen LogP contribution is 2.31. The molecule has 1 saturated carbocycles. The summed E-state index contributed by atoms with van der Waals surface area (Å²) in [6.45, 7) is 0.703. The van der Waals surface area contributed by atoms with Gasteiger partial charge in [0.05, 0.1) is 5.56 Å². The molecular formula is C15H15NOS2. The molecule has 1 heterocycles. The second kappa shape index (κ2) is 5.39. The van der Waals surface area contributed by atoms with Gasteiger partial charge in [0, 0.05) is 17.5 Å². The maximum Gasteiger partial charge on any atom is 0.255 e. The number of carbonyl (C=O) groups excluding carboxylic acids is 1. The summed E-state index contributed by atoms with van der Waals surface area (Å²) in [5, 5.41) is 4.16. The average Bonchev–Trinajstić information content (AvgIpc) is 3.13. The van der Waals surface area contributed by atoms with Crippen molar-refractivity contribution in [2.45, 2.75) is 30.3 Å². The van der Waals surface area contributed by atoms with Crippen molar-refractivity contribution in [3.8, 4) is 0 Å². The van der Waals surface area contributed by atoms with Gasteiger partial charge in [0.25, 0.3) is 5.91 Å². The Morgan fingerprint density at radius 3 is 2.74 bits per heavy atom. The second-order valence-corrected chi connectivity index (χ2v) is 6.07. The smallest absolute Gasteiger partial charge is 0.255 e.